The summed E-state index contributed by atoms with van der Waals surface area (Å²) in [6.45, 7) is 6.73. The van der Waals surface area contributed by atoms with Crippen molar-refractivity contribution in [1.29, 1.82) is 5.26 Å². The van der Waals surface area contributed by atoms with Gasteiger partial charge in [-0.15, -0.1) is 10.2 Å². The highest BCUT2D eigenvalue weighted by molar-refractivity contribution is 7.99. The van der Waals surface area contributed by atoms with Gasteiger partial charge in [0.25, 0.3) is 0 Å². The van der Waals surface area contributed by atoms with Crippen molar-refractivity contribution in [1.82, 2.24) is 20.1 Å². The van der Waals surface area contributed by atoms with Crippen LogP contribution < -0.4 is 10.1 Å². The lowest BCUT2D eigenvalue weighted by atomic mass is 9.90. The number of aromatic nitrogens is 3. The number of benzene rings is 2. The topological polar surface area (TPSA) is 102 Å². The number of amides is 1. The number of nitrogens with zero attached hydrogens (tertiary/aromatic N) is 4. The van der Waals surface area contributed by atoms with Gasteiger partial charge in [0, 0.05) is 19.2 Å². The van der Waals surface area contributed by atoms with Crippen LogP contribution in [0, 0.1) is 17.2 Å². The van der Waals surface area contributed by atoms with Gasteiger partial charge < -0.3 is 19.4 Å². The molecule has 0 radical (unpaired) electrons. The lowest BCUT2D eigenvalue weighted by Gasteiger charge is -2.27. The monoisotopic (exact) mass is 493 g/mol. The predicted molar refractivity (Wildman–Crippen MR) is 136 cm³/mol. The van der Waals surface area contributed by atoms with E-state index in [-0.39, 0.29) is 24.2 Å². The van der Waals surface area contributed by atoms with E-state index in [1.54, 1.807) is 14.0 Å². The third kappa shape index (κ3) is 6.84. The molecule has 0 aliphatic rings. The van der Waals surface area contributed by atoms with Gasteiger partial charge in [-0.2, -0.15) is 5.26 Å². The van der Waals surface area contributed by atoms with E-state index in [9.17, 15) is 10.1 Å². The largest absolute Gasteiger partial charge is 0.485 e. The van der Waals surface area contributed by atoms with Crippen molar-refractivity contribution in [2.45, 2.75) is 44.6 Å². The molecule has 3 aromatic rings. The number of carbonyl (C=O) groups excluding carboxylic acids is 1. The minimum atomic E-state index is -0.924. The molecule has 1 heterocycles. The van der Waals surface area contributed by atoms with Crippen molar-refractivity contribution in [3.8, 4) is 22.9 Å². The van der Waals surface area contributed by atoms with Crippen molar-refractivity contribution in [2.75, 3.05) is 19.5 Å². The molecule has 1 amide bonds. The Morgan fingerprint density at radius 3 is 2.57 bits per heavy atom. The van der Waals surface area contributed by atoms with Gasteiger partial charge in [0.05, 0.1) is 18.4 Å². The predicted octanol–water partition coefficient (Wildman–Crippen LogP) is 4.32. The Kier molecular flexibility index (Phi) is 9.29. The van der Waals surface area contributed by atoms with E-state index in [2.05, 4.69) is 21.6 Å². The van der Waals surface area contributed by atoms with Crippen LogP contribution >= 0.6 is 11.8 Å². The van der Waals surface area contributed by atoms with E-state index in [1.165, 1.54) is 11.8 Å². The Bertz CT molecular complexity index is 1160. The molecule has 0 fully saturated rings. The number of methoxy groups -OCH3 is 1. The number of para-hydroxylation sites is 1. The minimum absolute atomic E-state index is 0.0191. The SMILES string of the molecule is COCCn1c(COc2ccccc2-c2ccccc2)nnc1SCC(=O)NC(C)(C#N)C(C)C. The molecule has 9 heteroatoms. The Balaban J connectivity index is 1.72. The number of thioether (sulfide) groups is 1. The summed E-state index contributed by atoms with van der Waals surface area (Å²) >= 11 is 1.27. The highest BCUT2D eigenvalue weighted by Crippen LogP contribution is 2.30. The summed E-state index contributed by atoms with van der Waals surface area (Å²) in [5.41, 5.74) is 1.14. The molecule has 0 saturated carbocycles. The maximum Gasteiger partial charge on any atom is 0.231 e. The summed E-state index contributed by atoms with van der Waals surface area (Å²) in [4.78, 5) is 12.5. The van der Waals surface area contributed by atoms with E-state index in [0.717, 1.165) is 16.9 Å². The normalized spacial score (nSPS) is 12.7. The second-order valence-electron chi connectivity index (χ2n) is 8.50. The molecule has 1 aromatic heterocycles. The number of hydrogen-bond donors (Lipinski definition) is 1. The molecule has 0 aliphatic heterocycles. The summed E-state index contributed by atoms with van der Waals surface area (Å²) in [6, 6.07) is 20.1. The van der Waals surface area contributed by atoms with Crippen LogP contribution in [0.1, 0.15) is 26.6 Å². The van der Waals surface area contributed by atoms with Crippen LogP contribution in [0.3, 0.4) is 0 Å². The molecule has 1 atom stereocenters. The molecule has 0 bridgehead atoms. The number of hydrogen-bond acceptors (Lipinski definition) is 7. The molecule has 35 heavy (non-hydrogen) atoms. The quantitative estimate of drug-likeness (QED) is 0.375. The Morgan fingerprint density at radius 1 is 1.17 bits per heavy atom. The maximum absolute atomic E-state index is 12.5. The Labute approximate surface area is 210 Å². The number of carbonyl (C=O) groups is 1. The maximum atomic E-state index is 12.5. The summed E-state index contributed by atoms with van der Waals surface area (Å²) in [5, 5.41) is 21.5. The zero-order valence-corrected chi connectivity index (χ0v) is 21.3. The Hall–Kier alpha value is -3.35. The first kappa shape index (κ1) is 26.3. The second kappa shape index (κ2) is 12.4. The number of ether oxygens (including phenoxy) is 2. The molecule has 1 unspecified atom stereocenters. The molecule has 8 nitrogen and oxygen atoms in total. The first-order chi connectivity index (χ1) is 16.9. The van der Waals surface area contributed by atoms with Gasteiger partial charge in [0.15, 0.2) is 11.0 Å². The molecule has 3 rings (SSSR count). The average molecular weight is 494 g/mol. The van der Waals surface area contributed by atoms with Crippen LogP contribution in [0.25, 0.3) is 11.1 Å². The fourth-order valence-corrected chi connectivity index (χ4v) is 4.07. The minimum Gasteiger partial charge on any atom is -0.485 e. The van der Waals surface area contributed by atoms with Crippen LogP contribution in [0.4, 0.5) is 0 Å². The van der Waals surface area contributed by atoms with Crippen molar-refractivity contribution in [3.05, 3.63) is 60.4 Å². The van der Waals surface area contributed by atoms with Crippen LogP contribution in [-0.4, -0.2) is 45.7 Å². The van der Waals surface area contributed by atoms with Crippen molar-refractivity contribution >= 4 is 17.7 Å². The highest BCUT2D eigenvalue weighted by atomic mass is 32.2. The van der Waals surface area contributed by atoms with Crippen molar-refractivity contribution in [2.24, 2.45) is 5.92 Å². The van der Waals surface area contributed by atoms with E-state index in [4.69, 9.17) is 9.47 Å². The van der Waals surface area contributed by atoms with Crippen LogP contribution in [0.15, 0.2) is 59.8 Å². The zero-order valence-electron chi connectivity index (χ0n) is 20.5. The van der Waals surface area contributed by atoms with Gasteiger partial charge in [-0.1, -0.05) is 74.1 Å². The van der Waals surface area contributed by atoms with Gasteiger partial charge in [-0.3, -0.25) is 4.79 Å². The molecule has 1 N–H and O–H groups in total. The van der Waals surface area contributed by atoms with E-state index < -0.39 is 5.54 Å². The van der Waals surface area contributed by atoms with E-state index in [0.29, 0.717) is 24.1 Å². The second-order valence-corrected chi connectivity index (χ2v) is 9.44. The summed E-state index contributed by atoms with van der Waals surface area (Å²) in [5.74, 6) is 1.25. The standard InChI is InChI=1S/C26H31N5O3S/c1-19(2)26(3,18-27)28-24(32)17-35-25-30-29-23(31(25)14-15-33-4)16-34-22-13-9-8-12-21(22)20-10-6-5-7-11-20/h5-13,19H,14-17H2,1-4H3,(H,28,32). The van der Waals surface area contributed by atoms with Crippen LogP contribution in [-0.2, 0) is 22.7 Å². The van der Waals surface area contributed by atoms with Gasteiger partial charge in [-0.05, 0) is 24.5 Å². The molecule has 0 saturated heterocycles. The summed E-state index contributed by atoms with van der Waals surface area (Å²) < 4.78 is 13.3. The van der Waals surface area contributed by atoms with Crippen LogP contribution in [0.5, 0.6) is 5.75 Å². The first-order valence-corrected chi connectivity index (χ1v) is 12.4. The number of rotatable bonds is 12. The van der Waals surface area contributed by atoms with Gasteiger partial charge in [-0.25, -0.2) is 0 Å². The highest BCUT2D eigenvalue weighted by Gasteiger charge is 2.30. The smallest absolute Gasteiger partial charge is 0.231 e. The fraction of sp³-hybridized carbons (Fsp3) is 0.385. The molecule has 184 valence electrons. The van der Waals surface area contributed by atoms with Gasteiger partial charge in [0.1, 0.15) is 17.9 Å². The number of nitriles is 1. The molecule has 0 spiro atoms. The first-order valence-electron chi connectivity index (χ1n) is 11.4. The summed E-state index contributed by atoms with van der Waals surface area (Å²) in [7, 11) is 1.63. The zero-order chi connectivity index (χ0) is 25.3. The summed E-state index contributed by atoms with van der Waals surface area (Å²) in [6.07, 6.45) is 0. The third-order valence-corrected chi connectivity index (χ3v) is 6.73. The number of nitrogens with one attached hydrogen (secondary N) is 1. The van der Waals surface area contributed by atoms with Crippen LogP contribution in [0.2, 0.25) is 0 Å². The van der Waals surface area contributed by atoms with Gasteiger partial charge >= 0.3 is 0 Å². The Morgan fingerprint density at radius 2 is 1.89 bits per heavy atom. The molecular formula is C26H31N5O3S. The average Bonchev–Trinajstić information content (AvgIpc) is 3.26. The van der Waals surface area contributed by atoms with Crippen molar-refractivity contribution in [3.63, 3.8) is 0 Å². The van der Waals surface area contributed by atoms with E-state index >= 15 is 0 Å². The van der Waals surface area contributed by atoms with Crippen molar-refractivity contribution < 1.29 is 14.3 Å². The lowest BCUT2D eigenvalue weighted by molar-refractivity contribution is -0.120. The lowest BCUT2D eigenvalue weighted by Crippen LogP contribution is -2.49. The molecular weight excluding hydrogens is 462 g/mol. The van der Waals surface area contributed by atoms with Gasteiger partial charge in [0.2, 0.25) is 5.91 Å². The third-order valence-electron chi connectivity index (χ3n) is 5.76. The molecule has 2 aromatic carbocycles. The fourth-order valence-electron chi connectivity index (χ4n) is 3.29. The van der Waals surface area contributed by atoms with E-state index in [1.807, 2.05) is 73.0 Å². The molecule has 0 aliphatic carbocycles.